The first-order chi connectivity index (χ1) is 6.74. The van der Waals surface area contributed by atoms with Gasteiger partial charge in [0.1, 0.15) is 0 Å². The highest BCUT2D eigenvalue weighted by Gasteiger charge is 2.10. The van der Waals surface area contributed by atoms with Crippen molar-refractivity contribution in [3.05, 3.63) is 30.3 Å². The van der Waals surface area contributed by atoms with Crippen molar-refractivity contribution in [3.63, 3.8) is 0 Å². The Kier molecular flexibility index (Phi) is 3.67. The van der Waals surface area contributed by atoms with Crippen LogP contribution < -0.4 is 0 Å². The molecule has 0 radical (unpaired) electrons. The highest BCUT2D eigenvalue weighted by atomic mass is 16.1. The van der Waals surface area contributed by atoms with E-state index in [4.69, 9.17) is 0 Å². The molecule has 0 saturated heterocycles. The number of ketones is 1. The number of Topliss-reactive ketones (excluding diaryl/α,β-unsaturated/α-hetero) is 1. The number of azo groups is 1. The Labute approximate surface area is 81.7 Å². The predicted molar refractivity (Wildman–Crippen MR) is 51.5 cm³/mol. The highest BCUT2D eigenvalue weighted by Crippen LogP contribution is 2.10. The van der Waals surface area contributed by atoms with E-state index >= 15 is 0 Å². The lowest BCUT2D eigenvalue weighted by Gasteiger charge is -1.96. The molecule has 0 aromatic heterocycles. The fourth-order valence-electron chi connectivity index (χ4n) is 0.828. The lowest BCUT2D eigenvalue weighted by Crippen LogP contribution is -2.15. The van der Waals surface area contributed by atoms with Crippen molar-refractivity contribution in [2.45, 2.75) is 13.0 Å². The summed E-state index contributed by atoms with van der Waals surface area (Å²) in [6.07, 6.45) is 0.481. The second-order valence-corrected chi connectivity index (χ2v) is 2.74. The quantitative estimate of drug-likeness (QED) is 0.413. The summed E-state index contributed by atoms with van der Waals surface area (Å²) in [7, 11) is 0. The molecule has 0 N–H and O–H groups in total. The Morgan fingerprint density at radius 3 is 2.50 bits per heavy atom. The van der Waals surface area contributed by atoms with Crippen molar-refractivity contribution in [2.24, 2.45) is 10.2 Å². The third kappa shape index (κ3) is 2.90. The van der Waals surface area contributed by atoms with Crippen molar-refractivity contribution < 1.29 is 9.59 Å². The number of rotatable bonds is 4. The van der Waals surface area contributed by atoms with Crippen molar-refractivity contribution in [1.29, 1.82) is 0 Å². The van der Waals surface area contributed by atoms with E-state index in [1.54, 1.807) is 24.3 Å². The largest absolute Gasteiger partial charge is 0.300 e. The summed E-state index contributed by atoms with van der Waals surface area (Å²) in [6, 6.07) is 7.96. The molecule has 1 rings (SSSR count). The molecule has 4 nitrogen and oxygen atoms in total. The van der Waals surface area contributed by atoms with Gasteiger partial charge < -0.3 is 4.79 Å². The van der Waals surface area contributed by atoms with Crippen LogP contribution in [0.15, 0.2) is 40.6 Å². The Hall–Kier alpha value is -1.84. The number of aldehydes is 1. The van der Waals surface area contributed by atoms with Crippen molar-refractivity contribution in [3.8, 4) is 0 Å². The molecular formula is C10H10N2O2. The van der Waals surface area contributed by atoms with Crippen LogP contribution in [0.2, 0.25) is 0 Å². The average Bonchev–Trinajstić information content (AvgIpc) is 2.20. The van der Waals surface area contributed by atoms with Crippen LogP contribution in [0.25, 0.3) is 0 Å². The maximum Gasteiger partial charge on any atom is 0.184 e. The fraction of sp³-hybridized carbons (Fsp3) is 0.200. The molecule has 0 heterocycles. The van der Waals surface area contributed by atoms with Gasteiger partial charge in [0, 0.05) is 0 Å². The lowest BCUT2D eigenvalue weighted by atomic mass is 10.2. The van der Waals surface area contributed by atoms with Crippen molar-refractivity contribution in [2.75, 3.05) is 0 Å². The minimum absolute atomic E-state index is 0.306. The Morgan fingerprint density at radius 1 is 1.36 bits per heavy atom. The first kappa shape index (κ1) is 10.2. The van der Waals surface area contributed by atoms with Gasteiger partial charge in [-0.05, 0) is 19.1 Å². The van der Waals surface area contributed by atoms with Crippen LogP contribution in [0.4, 0.5) is 5.69 Å². The van der Waals surface area contributed by atoms with Gasteiger partial charge in [0.2, 0.25) is 0 Å². The SMILES string of the molecule is CC(=O)C(C=O)N=Nc1ccccc1. The monoisotopic (exact) mass is 190 g/mol. The number of carbonyl (C=O) groups is 2. The van der Waals surface area contributed by atoms with Crippen LogP contribution in [0.3, 0.4) is 0 Å². The van der Waals surface area contributed by atoms with E-state index < -0.39 is 6.04 Å². The van der Waals surface area contributed by atoms with Gasteiger partial charge in [-0.15, -0.1) is 0 Å². The fourth-order valence-corrected chi connectivity index (χ4v) is 0.828. The van der Waals surface area contributed by atoms with Crippen molar-refractivity contribution in [1.82, 2.24) is 0 Å². The van der Waals surface area contributed by atoms with Gasteiger partial charge in [0.05, 0.1) is 5.69 Å². The minimum atomic E-state index is -0.977. The third-order valence-electron chi connectivity index (χ3n) is 1.60. The smallest absolute Gasteiger partial charge is 0.184 e. The van der Waals surface area contributed by atoms with Crippen LogP contribution in [-0.2, 0) is 9.59 Å². The molecule has 14 heavy (non-hydrogen) atoms. The second kappa shape index (κ2) is 5.01. The van der Waals surface area contributed by atoms with E-state index in [9.17, 15) is 9.59 Å². The molecule has 0 aliphatic heterocycles. The molecule has 0 aliphatic rings. The van der Waals surface area contributed by atoms with E-state index in [2.05, 4.69) is 10.2 Å². The first-order valence-electron chi connectivity index (χ1n) is 4.15. The zero-order chi connectivity index (χ0) is 10.4. The van der Waals surface area contributed by atoms with Gasteiger partial charge in [0.15, 0.2) is 18.1 Å². The second-order valence-electron chi connectivity index (χ2n) is 2.74. The van der Waals surface area contributed by atoms with Crippen LogP contribution >= 0.6 is 0 Å². The molecule has 4 heteroatoms. The van der Waals surface area contributed by atoms with Crippen molar-refractivity contribution >= 4 is 17.8 Å². The van der Waals surface area contributed by atoms with Crippen LogP contribution in [0.1, 0.15) is 6.92 Å². The molecule has 0 bridgehead atoms. The number of benzene rings is 1. The standard InChI is InChI=1S/C10H10N2O2/c1-8(14)10(7-13)12-11-9-5-3-2-4-6-9/h2-7,10H,1H3. The summed E-state index contributed by atoms with van der Waals surface area (Å²) in [6.45, 7) is 1.31. The molecule has 1 aromatic carbocycles. The van der Waals surface area contributed by atoms with Crippen LogP contribution in [-0.4, -0.2) is 18.1 Å². The summed E-state index contributed by atoms with van der Waals surface area (Å²) in [4.78, 5) is 21.2. The first-order valence-corrected chi connectivity index (χ1v) is 4.15. The summed E-state index contributed by atoms with van der Waals surface area (Å²) in [5.74, 6) is -0.306. The van der Waals surface area contributed by atoms with E-state index in [-0.39, 0.29) is 5.78 Å². The van der Waals surface area contributed by atoms with E-state index in [0.29, 0.717) is 12.0 Å². The maximum absolute atomic E-state index is 10.8. The minimum Gasteiger partial charge on any atom is -0.300 e. The topological polar surface area (TPSA) is 58.9 Å². The molecule has 0 fully saturated rings. The van der Waals surface area contributed by atoms with E-state index in [1.807, 2.05) is 6.07 Å². The highest BCUT2D eigenvalue weighted by molar-refractivity contribution is 5.95. The molecular weight excluding hydrogens is 180 g/mol. The summed E-state index contributed by atoms with van der Waals surface area (Å²) < 4.78 is 0. The Balaban J connectivity index is 2.72. The van der Waals surface area contributed by atoms with Crippen LogP contribution in [0, 0.1) is 0 Å². The zero-order valence-electron chi connectivity index (χ0n) is 7.75. The molecule has 0 spiro atoms. The molecule has 0 saturated carbocycles. The molecule has 0 aliphatic carbocycles. The van der Waals surface area contributed by atoms with Gasteiger partial charge >= 0.3 is 0 Å². The summed E-state index contributed by atoms with van der Waals surface area (Å²) >= 11 is 0. The number of carbonyl (C=O) groups excluding carboxylic acids is 2. The zero-order valence-corrected chi connectivity index (χ0v) is 7.75. The normalized spacial score (nSPS) is 12.6. The van der Waals surface area contributed by atoms with Gasteiger partial charge in [0.25, 0.3) is 0 Å². The molecule has 72 valence electrons. The van der Waals surface area contributed by atoms with Gasteiger partial charge in [-0.25, -0.2) is 0 Å². The van der Waals surface area contributed by atoms with E-state index in [1.165, 1.54) is 6.92 Å². The third-order valence-corrected chi connectivity index (χ3v) is 1.60. The number of hydrogen-bond donors (Lipinski definition) is 0. The Morgan fingerprint density at radius 2 is 2.00 bits per heavy atom. The van der Waals surface area contributed by atoms with Gasteiger partial charge in [-0.1, -0.05) is 18.2 Å². The molecule has 1 unspecified atom stereocenters. The summed E-state index contributed by atoms with van der Waals surface area (Å²) in [5.41, 5.74) is 0.626. The van der Waals surface area contributed by atoms with Gasteiger partial charge in [-0.2, -0.15) is 10.2 Å². The Bertz CT molecular complexity index is 346. The maximum atomic E-state index is 10.8. The lowest BCUT2D eigenvalue weighted by molar-refractivity contribution is -0.122. The number of hydrogen-bond acceptors (Lipinski definition) is 4. The number of nitrogens with zero attached hydrogens (tertiary/aromatic N) is 2. The molecule has 0 amide bonds. The van der Waals surface area contributed by atoms with Crippen LogP contribution in [0.5, 0.6) is 0 Å². The summed E-state index contributed by atoms with van der Waals surface area (Å²) in [5, 5.41) is 7.39. The average molecular weight is 190 g/mol. The molecule has 1 atom stereocenters. The predicted octanol–water partition coefficient (Wildman–Crippen LogP) is 1.93. The van der Waals surface area contributed by atoms with E-state index in [0.717, 1.165) is 0 Å². The molecule has 1 aromatic rings. The van der Waals surface area contributed by atoms with Gasteiger partial charge in [-0.3, -0.25) is 4.79 Å².